The van der Waals surface area contributed by atoms with Gasteiger partial charge in [0.15, 0.2) is 0 Å². The number of H-pyrrole nitrogens is 1. The van der Waals surface area contributed by atoms with Crippen molar-refractivity contribution in [2.24, 2.45) is 0 Å². The van der Waals surface area contributed by atoms with Gasteiger partial charge in [0.1, 0.15) is 5.76 Å². The standard InChI is InChI=1S/C16H16N4O2/c1-10-14(11(2)22-20-10)7-16(21)19-13-5-3-4-12(6-13)15-8-17-9-18-15/h3-6,8-9H,7H2,1-2H3,(H,17,18)(H,19,21). The van der Waals surface area contributed by atoms with E-state index in [9.17, 15) is 4.79 Å². The number of rotatable bonds is 4. The lowest BCUT2D eigenvalue weighted by atomic mass is 10.1. The summed E-state index contributed by atoms with van der Waals surface area (Å²) in [4.78, 5) is 19.2. The molecule has 0 atom stereocenters. The molecule has 3 rings (SSSR count). The van der Waals surface area contributed by atoms with Crippen molar-refractivity contribution in [3.8, 4) is 11.3 Å². The van der Waals surface area contributed by atoms with E-state index in [4.69, 9.17) is 4.52 Å². The smallest absolute Gasteiger partial charge is 0.228 e. The van der Waals surface area contributed by atoms with Gasteiger partial charge in [-0.2, -0.15) is 0 Å². The lowest BCUT2D eigenvalue weighted by Crippen LogP contribution is -2.15. The predicted octanol–water partition coefficient (Wildman–Crippen LogP) is 2.86. The Morgan fingerprint density at radius 1 is 1.36 bits per heavy atom. The van der Waals surface area contributed by atoms with Crippen LogP contribution in [0.1, 0.15) is 17.0 Å². The topological polar surface area (TPSA) is 83.8 Å². The molecule has 0 aliphatic carbocycles. The largest absolute Gasteiger partial charge is 0.361 e. The second-order valence-electron chi connectivity index (χ2n) is 5.07. The molecule has 0 unspecified atom stereocenters. The van der Waals surface area contributed by atoms with E-state index in [1.807, 2.05) is 38.1 Å². The summed E-state index contributed by atoms with van der Waals surface area (Å²) in [6.45, 7) is 3.64. The molecule has 1 amide bonds. The Labute approximate surface area is 127 Å². The van der Waals surface area contributed by atoms with Gasteiger partial charge in [0.05, 0.1) is 30.3 Å². The zero-order chi connectivity index (χ0) is 15.5. The average molecular weight is 296 g/mol. The van der Waals surface area contributed by atoms with E-state index >= 15 is 0 Å². The van der Waals surface area contributed by atoms with E-state index in [0.717, 1.165) is 28.2 Å². The Morgan fingerprint density at radius 2 is 2.23 bits per heavy atom. The van der Waals surface area contributed by atoms with E-state index < -0.39 is 0 Å². The number of aromatic amines is 1. The maximum absolute atomic E-state index is 12.2. The summed E-state index contributed by atoms with van der Waals surface area (Å²) in [7, 11) is 0. The molecule has 2 N–H and O–H groups in total. The SMILES string of the molecule is Cc1noc(C)c1CC(=O)Nc1cccc(-c2cnc[nH]2)c1. The van der Waals surface area contributed by atoms with Gasteiger partial charge in [-0.3, -0.25) is 4.79 Å². The summed E-state index contributed by atoms with van der Waals surface area (Å²) in [6.07, 6.45) is 3.61. The van der Waals surface area contributed by atoms with Gasteiger partial charge < -0.3 is 14.8 Å². The Balaban J connectivity index is 1.73. The van der Waals surface area contributed by atoms with Gasteiger partial charge in [0, 0.05) is 16.8 Å². The van der Waals surface area contributed by atoms with Gasteiger partial charge in [-0.15, -0.1) is 0 Å². The molecule has 0 saturated heterocycles. The Bertz CT molecular complexity index is 771. The van der Waals surface area contributed by atoms with Gasteiger partial charge >= 0.3 is 0 Å². The fourth-order valence-corrected chi connectivity index (χ4v) is 2.30. The third-order valence-electron chi connectivity index (χ3n) is 3.47. The molecule has 6 heteroatoms. The lowest BCUT2D eigenvalue weighted by Gasteiger charge is -2.06. The first kappa shape index (κ1) is 14.1. The van der Waals surface area contributed by atoms with Crippen molar-refractivity contribution < 1.29 is 9.32 Å². The second kappa shape index (κ2) is 5.85. The Kier molecular flexibility index (Phi) is 3.74. The van der Waals surface area contributed by atoms with Crippen LogP contribution in [0.4, 0.5) is 5.69 Å². The maximum Gasteiger partial charge on any atom is 0.228 e. The third-order valence-corrected chi connectivity index (χ3v) is 3.47. The Hall–Kier alpha value is -2.89. The second-order valence-corrected chi connectivity index (χ2v) is 5.07. The van der Waals surface area contributed by atoms with Crippen LogP contribution < -0.4 is 5.32 Å². The molecule has 22 heavy (non-hydrogen) atoms. The summed E-state index contributed by atoms with van der Waals surface area (Å²) < 4.78 is 5.07. The minimum Gasteiger partial charge on any atom is -0.361 e. The molecule has 0 bridgehead atoms. The molecule has 1 aromatic carbocycles. The molecule has 6 nitrogen and oxygen atoms in total. The van der Waals surface area contributed by atoms with Crippen LogP contribution in [0.3, 0.4) is 0 Å². The molecule has 2 aromatic heterocycles. The van der Waals surface area contributed by atoms with Gasteiger partial charge in [-0.1, -0.05) is 17.3 Å². The van der Waals surface area contributed by atoms with Crippen LogP contribution in [-0.2, 0) is 11.2 Å². The van der Waals surface area contributed by atoms with Crippen LogP contribution in [0.25, 0.3) is 11.3 Å². The highest BCUT2D eigenvalue weighted by molar-refractivity contribution is 5.93. The minimum absolute atomic E-state index is 0.101. The number of anilines is 1. The maximum atomic E-state index is 12.2. The third kappa shape index (κ3) is 2.90. The van der Waals surface area contributed by atoms with Gasteiger partial charge in [0.25, 0.3) is 0 Å². The normalized spacial score (nSPS) is 10.6. The number of nitrogens with zero attached hydrogens (tertiary/aromatic N) is 2. The molecule has 0 radical (unpaired) electrons. The van der Waals surface area contributed by atoms with Crippen molar-refractivity contribution in [1.29, 1.82) is 0 Å². The molecule has 3 aromatic rings. The van der Waals surface area contributed by atoms with Gasteiger partial charge in [-0.05, 0) is 26.0 Å². The van der Waals surface area contributed by atoms with Crippen molar-refractivity contribution in [3.05, 3.63) is 53.8 Å². The number of amides is 1. The van der Waals surface area contributed by atoms with Crippen molar-refractivity contribution in [1.82, 2.24) is 15.1 Å². The molecule has 0 spiro atoms. The number of imidazole rings is 1. The summed E-state index contributed by atoms with van der Waals surface area (Å²) in [6, 6.07) is 7.60. The number of carbonyl (C=O) groups excluding carboxylic acids is 1. The van der Waals surface area contributed by atoms with Crippen LogP contribution in [-0.4, -0.2) is 21.0 Å². The number of benzene rings is 1. The molecule has 0 saturated carbocycles. The van der Waals surface area contributed by atoms with E-state index in [1.165, 1.54) is 0 Å². The molecule has 0 aliphatic heterocycles. The van der Waals surface area contributed by atoms with Crippen LogP contribution >= 0.6 is 0 Å². The molecule has 0 fully saturated rings. The van der Waals surface area contributed by atoms with E-state index in [0.29, 0.717) is 5.76 Å². The fourth-order valence-electron chi connectivity index (χ4n) is 2.30. The van der Waals surface area contributed by atoms with Crippen LogP contribution in [0.5, 0.6) is 0 Å². The number of hydrogen-bond acceptors (Lipinski definition) is 4. The van der Waals surface area contributed by atoms with Crippen LogP contribution in [0, 0.1) is 13.8 Å². The number of hydrogen-bond donors (Lipinski definition) is 2. The summed E-state index contributed by atoms with van der Waals surface area (Å²) in [5.41, 5.74) is 4.19. The highest BCUT2D eigenvalue weighted by Gasteiger charge is 2.13. The molecule has 2 heterocycles. The van der Waals surface area contributed by atoms with Crippen LogP contribution in [0.15, 0.2) is 41.3 Å². The van der Waals surface area contributed by atoms with Crippen molar-refractivity contribution in [2.45, 2.75) is 20.3 Å². The average Bonchev–Trinajstić information content (AvgIpc) is 3.13. The van der Waals surface area contributed by atoms with Gasteiger partial charge in [0.2, 0.25) is 5.91 Å². The van der Waals surface area contributed by atoms with Crippen molar-refractivity contribution in [3.63, 3.8) is 0 Å². The zero-order valence-corrected chi connectivity index (χ0v) is 12.4. The number of aromatic nitrogens is 3. The first-order valence-corrected chi connectivity index (χ1v) is 6.94. The van der Waals surface area contributed by atoms with Crippen LogP contribution in [0.2, 0.25) is 0 Å². The molecule has 112 valence electrons. The summed E-state index contributed by atoms with van der Waals surface area (Å²) in [5.74, 6) is 0.579. The number of carbonyl (C=O) groups is 1. The molecular formula is C16H16N4O2. The first-order valence-electron chi connectivity index (χ1n) is 6.94. The van der Waals surface area contributed by atoms with Crippen molar-refractivity contribution in [2.75, 3.05) is 5.32 Å². The zero-order valence-electron chi connectivity index (χ0n) is 12.4. The first-order chi connectivity index (χ1) is 10.6. The highest BCUT2D eigenvalue weighted by atomic mass is 16.5. The van der Waals surface area contributed by atoms with Gasteiger partial charge in [-0.25, -0.2) is 4.98 Å². The quantitative estimate of drug-likeness (QED) is 0.775. The monoisotopic (exact) mass is 296 g/mol. The van der Waals surface area contributed by atoms with E-state index in [-0.39, 0.29) is 12.3 Å². The predicted molar refractivity (Wildman–Crippen MR) is 82.3 cm³/mol. The molecular weight excluding hydrogens is 280 g/mol. The number of aryl methyl sites for hydroxylation is 2. The minimum atomic E-state index is -0.101. The van der Waals surface area contributed by atoms with E-state index in [1.54, 1.807) is 12.5 Å². The summed E-state index contributed by atoms with van der Waals surface area (Å²) >= 11 is 0. The lowest BCUT2D eigenvalue weighted by molar-refractivity contribution is -0.115. The van der Waals surface area contributed by atoms with Crippen molar-refractivity contribution >= 4 is 11.6 Å². The highest BCUT2D eigenvalue weighted by Crippen LogP contribution is 2.20. The van der Waals surface area contributed by atoms with E-state index in [2.05, 4.69) is 20.4 Å². The fraction of sp³-hybridized carbons (Fsp3) is 0.188. The number of nitrogens with one attached hydrogen (secondary N) is 2. The Morgan fingerprint density at radius 3 is 2.91 bits per heavy atom. The molecule has 0 aliphatic rings. The summed E-state index contributed by atoms with van der Waals surface area (Å²) in [5, 5.41) is 6.75.